The van der Waals surface area contributed by atoms with Gasteiger partial charge >= 0.3 is 0 Å². The third-order valence-corrected chi connectivity index (χ3v) is 6.24. The van der Waals surface area contributed by atoms with Crippen LogP contribution in [0.15, 0.2) is 64.3 Å². The van der Waals surface area contributed by atoms with Gasteiger partial charge < -0.3 is 5.32 Å². The number of halogens is 1. The molecule has 0 atom stereocenters. The molecule has 1 N–H and O–H groups in total. The number of thiazole rings is 1. The van der Waals surface area contributed by atoms with E-state index in [0.717, 1.165) is 17.2 Å². The Labute approximate surface area is 177 Å². The fourth-order valence-electron chi connectivity index (χ4n) is 2.67. The lowest BCUT2D eigenvalue weighted by atomic mass is 10.1. The Balaban J connectivity index is 1.37. The first-order valence-corrected chi connectivity index (χ1v) is 11.1. The molecule has 0 aliphatic heterocycles. The van der Waals surface area contributed by atoms with Crippen molar-refractivity contribution >= 4 is 34.8 Å². The number of Topliss-reactive ketones (excluding diaryl/α,β-unsaturated/α-hetero) is 1. The Kier molecular flexibility index (Phi) is 7.95. The smallest absolute Gasteiger partial charge is 0.226 e. The molecule has 4 nitrogen and oxygen atoms in total. The Hall–Kier alpha value is -2.51. The van der Waals surface area contributed by atoms with E-state index in [1.54, 1.807) is 0 Å². The number of hydrogen-bond donors (Lipinski definition) is 1. The average Bonchev–Trinajstić information content (AvgIpc) is 3.18. The maximum atomic E-state index is 12.9. The van der Waals surface area contributed by atoms with Crippen molar-refractivity contribution in [3.8, 4) is 0 Å². The van der Waals surface area contributed by atoms with E-state index in [-0.39, 0.29) is 29.7 Å². The monoisotopic (exact) mass is 428 g/mol. The summed E-state index contributed by atoms with van der Waals surface area (Å²) in [4.78, 5) is 28.6. The lowest BCUT2D eigenvalue weighted by molar-refractivity contribution is -0.120. The Morgan fingerprint density at radius 3 is 2.59 bits per heavy atom. The third kappa shape index (κ3) is 7.11. The van der Waals surface area contributed by atoms with E-state index in [1.807, 2.05) is 23.6 Å². The Bertz CT molecular complexity index is 943. The zero-order valence-electron chi connectivity index (χ0n) is 15.8. The maximum Gasteiger partial charge on any atom is 0.226 e. The molecule has 3 rings (SSSR count). The van der Waals surface area contributed by atoms with Gasteiger partial charge in [0.15, 0.2) is 10.1 Å². The Morgan fingerprint density at radius 1 is 1.07 bits per heavy atom. The van der Waals surface area contributed by atoms with Crippen molar-refractivity contribution in [2.75, 3.05) is 12.3 Å². The molecule has 0 radical (unpaired) electrons. The molecule has 150 valence electrons. The van der Waals surface area contributed by atoms with E-state index >= 15 is 0 Å². The molecule has 7 heteroatoms. The highest BCUT2D eigenvalue weighted by atomic mass is 32.2. The molecular formula is C22H21FN2O2S2. The zero-order chi connectivity index (χ0) is 20.5. The largest absolute Gasteiger partial charge is 0.356 e. The Morgan fingerprint density at radius 2 is 1.83 bits per heavy atom. The van der Waals surface area contributed by atoms with Gasteiger partial charge in [-0.15, -0.1) is 11.3 Å². The summed E-state index contributed by atoms with van der Waals surface area (Å²) in [6.07, 6.45) is 2.05. The van der Waals surface area contributed by atoms with Crippen molar-refractivity contribution in [1.82, 2.24) is 10.3 Å². The van der Waals surface area contributed by atoms with Crippen LogP contribution in [-0.2, 0) is 17.6 Å². The van der Waals surface area contributed by atoms with Gasteiger partial charge in [-0.2, -0.15) is 0 Å². The fraction of sp³-hybridized carbons (Fsp3) is 0.227. The number of carbonyl (C=O) groups is 2. The standard InChI is InChI=1S/C22H21FN2O2S2/c23-18-10-8-17(9-11-18)20(26)15-29-22-25-19(14-28-22)13-21(27)24-12-4-7-16-5-2-1-3-6-16/h1-3,5-6,8-11,14H,4,7,12-13,15H2,(H,24,27). The predicted octanol–water partition coefficient (Wildman–Crippen LogP) is 4.55. The van der Waals surface area contributed by atoms with Crippen LogP contribution in [0.1, 0.15) is 28.0 Å². The summed E-state index contributed by atoms with van der Waals surface area (Å²) in [5.74, 6) is -0.271. The van der Waals surface area contributed by atoms with Crippen LogP contribution in [0.4, 0.5) is 4.39 Å². The van der Waals surface area contributed by atoms with Gasteiger partial charge in [0.05, 0.1) is 17.9 Å². The average molecular weight is 429 g/mol. The first-order chi connectivity index (χ1) is 14.1. The molecule has 2 aromatic carbocycles. The molecule has 0 aliphatic carbocycles. The van der Waals surface area contributed by atoms with Crippen LogP contribution in [0.25, 0.3) is 0 Å². The number of aromatic nitrogens is 1. The van der Waals surface area contributed by atoms with Crippen LogP contribution in [0, 0.1) is 5.82 Å². The maximum absolute atomic E-state index is 12.9. The molecule has 1 amide bonds. The van der Waals surface area contributed by atoms with E-state index in [0.29, 0.717) is 17.8 Å². The molecule has 1 heterocycles. The van der Waals surface area contributed by atoms with E-state index in [9.17, 15) is 14.0 Å². The predicted molar refractivity (Wildman–Crippen MR) is 115 cm³/mol. The number of nitrogens with zero attached hydrogens (tertiary/aromatic N) is 1. The van der Waals surface area contributed by atoms with Crippen molar-refractivity contribution in [1.29, 1.82) is 0 Å². The number of aryl methyl sites for hydroxylation is 1. The zero-order valence-corrected chi connectivity index (χ0v) is 17.4. The highest BCUT2D eigenvalue weighted by molar-refractivity contribution is 8.01. The summed E-state index contributed by atoms with van der Waals surface area (Å²) < 4.78 is 13.7. The van der Waals surface area contributed by atoms with Gasteiger partial charge in [-0.25, -0.2) is 9.37 Å². The summed E-state index contributed by atoms with van der Waals surface area (Å²) in [5, 5.41) is 4.76. The molecule has 0 saturated heterocycles. The normalized spacial score (nSPS) is 10.7. The number of thioether (sulfide) groups is 1. The van der Waals surface area contributed by atoms with E-state index in [4.69, 9.17) is 0 Å². The third-order valence-electron chi connectivity index (χ3n) is 4.17. The summed E-state index contributed by atoms with van der Waals surface area (Å²) in [5.41, 5.74) is 2.44. The number of nitrogens with one attached hydrogen (secondary N) is 1. The van der Waals surface area contributed by atoms with E-state index in [1.165, 1.54) is 52.9 Å². The van der Waals surface area contributed by atoms with E-state index in [2.05, 4.69) is 22.4 Å². The molecule has 0 unspecified atom stereocenters. The summed E-state index contributed by atoms with van der Waals surface area (Å²) in [6, 6.07) is 15.7. The van der Waals surface area contributed by atoms with Gasteiger partial charge in [-0.3, -0.25) is 9.59 Å². The van der Waals surface area contributed by atoms with Gasteiger partial charge in [-0.05, 0) is 42.7 Å². The lowest BCUT2D eigenvalue weighted by Crippen LogP contribution is -2.26. The second-order valence-corrected chi connectivity index (χ2v) is 8.52. The molecule has 3 aromatic rings. The second kappa shape index (κ2) is 10.9. The van der Waals surface area contributed by atoms with Gasteiger partial charge in [0, 0.05) is 17.5 Å². The molecule has 1 aromatic heterocycles. The van der Waals surface area contributed by atoms with E-state index < -0.39 is 0 Å². The molecular weight excluding hydrogens is 407 g/mol. The minimum absolute atomic E-state index is 0.0534. The van der Waals surface area contributed by atoms with Crippen LogP contribution < -0.4 is 5.32 Å². The number of benzene rings is 2. The highest BCUT2D eigenvalue weighted by Gasteiger charge is 2.11. The van der Waals surface area contributed by atoms with Gasteiger partial charge in [0.25, 0.3) is 0 Å². The quantitative estimate of drug-likeness (QED) is 0.292. The molecule has 0 fully saturated rings. The van der Waals surface area contributed by atoms with Crippen molar-refractivity contribution in [3.63, 3.8) is 0 Å². The SMILES string of the molecule is O=C(Cc1csc(SCC(=O)c2ccc(F)cc2)n1)NCCCc1ccccc1. The topological polar surface area (TPSA) is 59.1 Å². The minimum Gasteiger partial charge on any atom is -0.356 e. The summed E-state index contributed by atoms with van der Waals surface area (Å²) in [6.45, 7) is 0.631. The van der Waals surface area contributed by atoms with Gasteiger partial charge in [0.2, 0.25) is 5.91 Å². The number of carbonyl (C=O) groups excluding carboxylic acids is 2. The lowest BCUT2D eigenvalue weighted by Gasteiger charge is -2.04. The summed E-state index contributed by atoms with van der Waals surface area (Å²) in [7, 11) is 0. The fourth-order valence-corrected chi connectivity index (χ4v) is 4.41. The summed E-state index contributed by atoms with van der Waals surface area (Å²) >= 11 is 2.74. The molecule has 29 heavy (non-hydrogen) atoms. The number of rotatable bonds is 10. The van der Waals surface area contributed by atoms with Crippen molar-refractivity contribution in [2.24, 2.45) is 0 Å². The van der Waals surface area contributed by atoms with Crippen LogP contribution in [0.2, 0.25) is 0 Å². The van der Waals surface area contributed by atoms with Crippen LogP contribution in [0.5, 0.6) is 0 Å². The number of hydrogen-bond acceptors (Lipinski definition) is 5. The molecule has 0 spiro atoms. The van der Waals surface area contributed by atoms with Crippen molar-refractivity contribution in [2.45, 2.75) is 23.6 Å². The number of amides is 1. The first-order valence-electron chi connectivity index (χ1n) is 9.27. The minimum atomic E-state index is -0.364. The molecule has 0 aliphatic rings. The second-order valence-electron chi connectivity index (χ2n) is 6.44. The molecule has 0 bridgehead atoms. The van der Waals surface area contributed by atoms with Crippen LogP contribution in [0.3, 0.4) is 0 Å². The van der Waals surface area contributed by atoms with Crippen molar-refractivity contribution in [3.05, 3.63) is 82.6 Å². The number of ketones is 1. The van der Waals surface area contributed by atoms with Crippen molar-refractivity contribution < 1.29 is 14.0 Å². The molecule has 0 saturated carbocycles. The van der Waals surface area contributed by atoms with Crippen LogP contribution in [-0.4, -0.2) is 29.0 Å². The van der Waals surface area contributed by atoms with Crippen LogP contribution >= 0.6 is 23.1 Å². The highest BCUT2D eigenvalue weighted by Crippen LogP contribution is 2.24. The van der Waals surface area contributed by atoms with Gasteiger partial charge in [-0.1, -0.05) is 42.1 Å². The van der Waals surface area contributed by atoms with Gasteiger partial charge in [0.1, 0.15) is 5.82 Å². The first kappa shape index (κ1) is 21.2.